The van der Waals surface area contributed by atoms with E-state index in [1.54, 1.807) is 21.0 Å². The van der Waals surface area contributed by atoms with Gasteiger partial charge in [0, 0.05) is 0 Å². The van der Waals surface area contributed by atoms with Gasteiger partial charge in [0.25, 0.3) is 0 Å². The molecular weight excluding hydrogens is 180 g/mol. The summed E-state index contributed by atoms with van der Waals surface area (Å²) in [6.07, 6.45) is 1.50. The maximum absolute atomic E-state index is 9.75. The number of halogens is 1. The van der Waals surface area contributed by atoms with Crippen LogP contribution >= 0.6 is 0 Å². The van der Waals surface area contributed by atoms with E-state index in [4.69, 9.17) is 0 Å². The zero-order chi connectivity index (χ0) is 9.86. The molecule has 0 heterocycles. The molecule has 12 heavy (non-hydrogen) atoms. The lowest BCUT2D eigenvalue weighted by Crippen LogP contribution is -3.00. The van der Waals surface area contributed by atoms with Crippen LogP contribution in [0.4, 0.5) is 0 Å². The van der Waals surface area contributed by atoms with E-state index in [1.165, 1.54) is 13.0 Å². The van der Waals surface area contributed by atoms with E-state index in [0.717, 1.165) is 0 Å². The van der Waals surface area contributed by atoms with E-state index >= 15 is 0 Å². The van der Waals surface area contributed by atoms with Crippen LogP contribution in [0.3, 0.4) is 0 Å². The average Bonchev–Trinajstić information content (AvgIpc) is 2.10. The zero-order valence-electron chi connectivity index (χ0n) is 8.19. The summed E-state index contributed by atoms with van der Waals surface area (Å²) in [7, 11) is 3.50. The van der Waals surface area contributed by atoms with Crippen LogP contribution in [0.15, 0.2) is 11.6 Å². The molecule has 0 aromatic rings. The van der Waals surface area contributed by atoms with Crippen LogP contribution in [0.25, 0.3) is 0 Å². The molecular formula is C7H19ClN2O2. The van der Waals surface area contributed by atoms with Gasteiger partial charge in [0.05, 0.1) is 20.1 Å². The molecule has 4 nitrogen and oxygen atoms in total. The Morgan fingerprint density at radius 3 is 1.50 bits per heavy atom. The molecule has 0 radical (unpaired) electrons. The first-order valence-electron chi connectivity index (χ1n) is 3.44. The molecule has 0 rings (SSSR count). The van der Waals surface area contributed by atoms with Gasteiger partial charge in [-0.05, 0) is 19.4 Å². The van der Waals surface area contributed by atoms with Gasteiger partial charge in [-0.3, -0.25) is 0 Å². The van der Waals surface area contributed by atoms with E-state index in [9.17, 15) is 9.90 Å². The van der Waals surface area contributed by atoms with Gasteiger partial charge in [0.15, 0.2) is 0 Å². The van der Waals surface area contributed by atoms with E-state index in [1.807, 2.05) is 0 Å². The monoisotopic (exact) mass is 198 g/mol. The van der Waals surface area contributed by atoms with Crippen molar-refractivity contribution in [2.24, 2.45) is 0 Å². The van der Waals surface area contributed by atoms with Gasteiger partial charge in [-0.15, -0.1) is 0 Å². The van der Waals surface area contributed by atoms with Gasteiger partial charge >= 0.3 is 0 Å². The van der Waals surface area contributed by atoms with Gasteiger partial charge in [-0.2, -0.15) is 0 Å². The fraction of sp³-hybridized carbons (Fsp3) is 0.571. The Labute approximate surface area is 80.0 Å². The van der Waals surface area contributed by atoms with Crippen LogP contribution < -0.4 is 29.0 Å². The van der Waals surface area contributed by atoms with E-state index in [0.29, 0.717) is 0 Å². The van der Waals surface area contributed by atoms with Crippen LogP contribution in [0.5, 0.6) is 0 Å². The lowest BCUT2D eigenvalue weighted by atomic mass is 10.3. The highest BCUT2D eigenvalue weighted by molar-refractivity contribution is 5.83. The summed E-state index contributed by atoms with van der Waals surface area (Å²) in [5, 5.41) is 9.75. The van der Waals surface area contributed by atoms with Crippen molar-refractivity contribution in [2.45, 2.75) is 13.8 Å². The van der Waals surface area contributed by atoms with Crippen molar-refractivity contribution in [3.8, 4) is 0 Å². The lowest BCUT2D eigenvalue weighted by Gasteiger charge is -1.96. The molecule has 0 fully saturated rings. The lowest BCUT2D eigenvalue weighted by molar-refractivity contribution is -0.325. The van der Waals surface area contributed by atoms with E-state index in [-0.39, 0.29) is 18.0 Å². The number of rotatable bonds is 1. The minimum Gasteiger partial charge on any atom is -1.00 e. The number of carbonyl (C=O) groups is 1. The third-order valence-corrected chi connectivity index (χ3v) is 0.755. The summed E-state index contributed by atoms with van der Waals surface area (Å²) >= 11 is 0. The van der Waals surface area contributed by atoms with Crippen LogP contribution in [0.1, 0.15) is 13.8 Å². The first-order chi connectivity index (χ1) is 5.18. The minimum absolute atomic E-state index is 0. The number of quaternary nitrogens is 2. The molecule has 0 saturated carbocycles. The van der Waals surface area contributed by atoms with E-state index in [2.05, 4.69) is 11.5 Å². The Morgan fingerprint density at radius 1 is 1.25 bits per heavy atom. The smallest absolute Gasteiger partial charge is 0.0668 e. The van der Waals surface area contributed by atoms with Crippen molar-refractivity contribution in [2.75, 3.05) is 14.1 Å². The molecule has 5 heteroatoms. The summed E-state index contributed by atoms with van der Waals surface area (Å²) in [6.45, 7) is 3.15. The molecule has 0 bridgehead atoms. The van der Waals surface area contributed by atoms with Crippen LogP contribution in [0, 0.1) is 0 Å². The summed E-state index contributed by atoms with van der Waals surface area (Å²) < 4.78 is 0. The predicted molar refractivity (Wildman–Crippen MR) is 42.1 cm³/mol. The Hall–Kier alpha value is -0.580. The molecule has 0 atom stereocenters. The second kappa shape index (κ2) is 22.4. The molecule has 0 amide bonds. The highest BCUT2D eigenvalue weighted by Gasteiger charge is 1.80. The number of carboxylic acids is 1. The van der Waals surface area contributed by atoms with Gasteiger partial charge in [0.2, 0.25) is 0 Å². The first-order valence-corrected chi connectivity index (χ1v) is 3.44. The van der Waals surface area contributed by atoms with Crippen molar-refractivity contribution in [1.82, 2.24) is 0 Å². The number of carboxylic acid groups (broad SMARTS) is 1. The highest BCUT2D eigenvalue weighted by atomic mass is 35.5. The molecule has 0 aromatic heterocycles. The van der Waals surface area contributed by atoms with E-state index < -0.39 is 5.97 Å². The first kappa shape index (κ1) is 22.5. The Bertz CT molecular complexity index is 116. The zero-order valence-corrected chi connectivity index (χ0v) is 8.94. The fourth-order valence-corrected chi connectivity index (χ4v) is 0.118. The number of hydrogen-bond acceptors (Lipinski definition) is 2. The molecule has 0 aliphatic rings. The molecule has 6 N–H and O–H groups in total. The number of hydrogen-bond donors (Lipinski definition) is 2. The van der Waals surface area contributed by atoms with Gasteiger partial charge in [-0.1, -0.05) is 6.08 Å². The summed E-state index contributed by atoms with van der Waals surface area (Å²) in [6, 6.07) is 0. The fourth-order valence-electron chi connectivity index (χ4n) is 0.118. The maximum Gasteiger partial charge on any atom is 0.0668 e. The molecule has 0 unspecified atom stereocenters. The maximum atomic E-state index is 9.75. The topological polar surface area (TPSA) is 95.4 Å². The van der Waals surface area contributed by atoms with Crippen LogP contribution in [-0.2, 0) is 4.79 Å². The number of aliphatic carboxylic acids is 1. The second-order valence-corrected chi connectivity index (χ2v) is 1.26. The standard InChI is InChI=1S/C5H8O2.2CH5N.ClH/c1-3-4(2)5(6)7;2*1-2;/h3H,1-2H3,(H,6,7);2*2H2,1H3;1H. The normalized spacial score (nSPS) is 7.67. The SMILES string of the molecule is CC=C(C)C(=O)[O-].C[NH3+].C[NH3+].[Cl-]. The second-order valence-electron chi connectivity index (χ2n) is 1.26. The highest BCUT2D eigenvalue weighted by Crippen LogP contribution is 1.85. The van der Waals surface area contributed by atoms with Gasteiger partial charge in [0.1, 0.15) is 0 Å². The molecule has 0 spiro atoms. The molecule has 76 valence electrons. The molecule has 0 aliphatic carbocycles. The summed E-state index contributed by atoms with van der Waals surface area (Å²) in [4.78, 5) is 9.75. The number of carbonyl (C=O) groups excluding carboxylic acids is 1. The Balaban J connectivity index is -0.0000000560. The summed E-state index contributed by atoms with van der Waals surface area (Å²) in [5.74, 6) is -1.09. The van der Waals surface area contributed by atoms with Crippen molar-refractivity contribution < 1.29 is 33.8 Å². The molecule has 0 saturated heterocycles. The van der Waals surface area contributed by atoms with Gasteiger partial charge in [-0.25, -0.2) is 0 Å². The predicted octanol–water partition coefficient (Wildman–Crippen LogP) is -5.58. The number of allylic oxidation sites excluding steroid dienone is 1. The molecule has 0 aromatic carbocycles. The van der Waals surface area contributed by atoms with Crippen LogP contribution in [0.2, 0.25) is 0 Å². The quantitative estimate of drug-likeness (QED) is 0.411. The molecule has 0 aliphatic heterocycles. The van der Waals surface area contributed by atoms with Crippen molar-refractivity contribution in [3.63, 3.8) is 0 Å². The van der Waals surface area contributed by atoms with Crippen LogP contribution in [-0.4, -0.2) is 20.1 Å². The Kier molecular flexibility index (Phi) is 42.1. The Morgan fingerprint density at radius 2 is 1.50 bits per heavy atom. The van der Waals surface area contributed by atoms with Crippen molar-refractivity contribution >= 4 is 5.97 Å². The van der Waals surface area contributed by atoms with Crippen molar-refractivity contribution in [3.05, 3.63) is 11.6 Å². The minimum atomic E-state index is -1.09. The third kappa shape index (κ3) is 22.7. The van der Waals surface area contributed by atoms with Gasteiger partial charge < -0.3 is 33.8 Å². The van der Waals surface area contributed by atoms with Crippen molar-refractivity contribution in [1.29, 1.82) is 0 Å². The summed E-state index contributed by atoms with van der Waals surface area (Å²) in [5.41, 5.74) is 6.78. The average molecular weight is 199 g/mol. The largest absolute Gasteiger partial charge is 1.00 e. The third-order valence-electron chi connectivity index (χ3n) is 0.755.